The van der Waals surface area contributed by atoms with Gasteiger partial charge in [0.25, 0.3) is 0 Å². The Hall–Kier alpha value is -6.42. The highest BCUT2D eigenvalue weighted by molar-refractivity contribution is 7.25. The molecule has 1 aromatic heterocycles. The number of thiophene rings is 1. The average molecular weight is 751 g/mol. The van der Waals surface area contributed by atoms with Crippen LogP contribution in [0, 0.1) is 0 Å². The second-order valence-electron chi connectivity index (χ2n) is 16.6. The van der Waals surface area contributed by atoms with Gasteiger partial charge in [0.15, 0.2) is 0 Å². The SMILES string of the molecule is CC1(C)c2ccccc2-c2cc3c(cc21)N(c1ccccc1)c1ccc(-c2ccc(N(c4ccccc4)c4ccc5sc6ccccc6c5c4)cc2)cc1C3(C)C. The molecule has 2 heterocycles. The minimum absolute atomic E-state index is 0.0785. The molecule has 0 radical (unpaired) electrons. The van der Waals surface area contributed by atoms with Crippen LogP contribution in [0.15, 0.2) is 182 Å². The maximum Gasteiger partial charge on any atom is 0.0506 e. The van der Waals surface area contributed by atoms with E-state index in [1.807, 2.05) is 11.3 Å². The molecule has 0 unspecified atom stereocenters. The van der Waals surface area contributed by atoms with Crippen molar-refractivity contribution in [3.8, 4) is 22.3 Å². The molecule has 0 amide bonds. The summed E-state index contributed by atoms with van der Waals surface area (Å²) < 4.78 is 2.63. The van der Waals surface area contributed by atoms with Crippen molar-refractivity contribution in [1.29, 1.82) is 0 Å². The lowest BCUT2D eigenvalue weighted by Crippen LogP contribution is -2.31. The van der Waals surface area contributed by atoms with Gasteiger partial charge in [-0.15, -0.1) is 11.3 Å². The first-order chi connectivity index (χ1) is 27.8. The molecule has 274 valence electrons. The number of para-hydroxylation sites is 2. The Labute approximate surface area is 338 Å². The van der Waals surface area contributed by atoms with E-state index >= 15 is 0 Å². The molecule has 3 heteroatoms. The van der Waals surface area contributed by atoms with E-state index in [4.69, 9.17) is 0 Å². The van der Waals surface area contributed by atoms with Crippen LogP contribution in [0.3, 0.4) is 0 Å². The van der Waals surface area contributed by atoms with Gasteiger partial charge in [0, 0.05) is 53.8 Å². The first kappa shape index (κ1) is 33.9. The van der Waals surface area contributed by atoms with E-state index in [2.05, 4.69) is 219 Å². The molecule has 1 aliphatic carbocycles. The molecule has 0 spiro atoms. The van der Waals surface area contributed by atoms with Crippen molar-refractivity contribution in [2.75, 3.05) is 9.80 Å². The van der Waals surface area contributed by atoms with Crippen molar-refractivity contribution in [2.45, 2.75) is 38.5 Å². The maximum absolute atomic E-state index is 2.51. The first-order valence-electron chi connectivity index (χ1n) is 19.9. The predicted octanol–water partition coefficient (Wildman–Crippen LogP) is 15.6. The zero-order valence-electron chi connectivity index (χ0n) is 32.6. The van der Waals surface area contributed by atoms with Gasteiger partial charge in [0.2, 0.25) is 0 Å². The minimum Gasteiger partial charge on any atom is -0.310 e. The fourth-order valence-corrected chi connectivity index (χ4v) is 10.7. The van der Waals surface area contributed by atoms with Crippen molar-refractivity contribution in [3.63, 3.8) is 0 Å². The molecule has 0 saturated carbocycles. The molecule has 0 bridgehead atoms. The van der Waals surface area contributed by atoms with E-state index in [9.17, 15) is 0 Å². The Bertz CT molecular complexity index is 3010. The molecule has 2 aliphatic rings. The molecule has 0 atom stereocenters. The molecule has 2 nitrogen and oxygen atoms in total. The molecule has 0 N–H and O–H groups in total. The number of rotatable bonds is 5. The molecule has 11 rings (SSSR count). The quantitative estimate of drug-likeness (QED) is 0.173. The number of benzene rings is 8. The molecule has 1 aliphatic heterocycles. The molecular weight excluding hydrogens is 709 g/mol. The summed E-state index contributed by atoms with van der Waals surface area (Å²) in [4.78, 5) is 4.87. The van der Waals surface area contributed by atoms with E-state index in [1.165, 1.54) is 81.7 Å². The van der Waals surface area contributed by atoms with E-state index < -0.39 is 0 Å². The van der Waals surface area contributed by atoms with Crippen LogP contribution in [0.5, 0.6) is 0 Å². The van der Waals surface area contributed by atoms with Crippen molar-refractivity contribution in [1.82, 2.24) is 0 Å². The van der Waals surface area contributed by atoms with Crippen LogP contribution in [0.4, 0.5) is 34.1 Å². The smallest absolute Gasteiger partial charge is 0.0506 e. The number of nitrogens with zero attached hydrogens (tertiary/aromatic N) is 2. The monoisotopic (exact) mass is 750 g/mol. The standard InChI is InChI=1S/C54H42N2S/c1-53(2)45-21-13-11-19-41(45)43-33-48-50(34-46(43)53)56(38-17-9-6-10-18-38)49-29-25-36(31-47(49)54(48,3)4)35-23-26-39(27-24-35)55(37-15-7-5-8-16-37)40-28-30-52-44(32-40)42-20-12-14-22-51(42)57-52/h5-34H,1-4H3. The third-order valence-corrected chi connectivity index (χ3v) is 13.8. The molecule has 9 aromatic rings. The van der Waals surface area contributed by atoms with Gasteiger partial charge in [0.1, 0.15) is 0 Å². The first-order valence-corrected chi connectivity index (χ1v) is 20.7. The fourth-order valence-electron chi connectivity index (χ4n) is 9.64. The van der Waals surface area contributed by atoms with Crippen molar-refractivity contribution in [3.05, 3.63) is 204 Å². The molecule has 8 aromatic carbocycles. The Morgan fingerprint density at radius 1 is 0.404 bits per heavy atom. The molecule has 57 heavy (non-hydrogen) atoms. The Morgan fingerprint density at radius 3 is 1.82 bits per heavy atom. The largest absolute Gasteiger partial charge is 0.310 e. The third-order valence-electron chi connectivity index (χ3n) is 12.6. The lowest BCUT2D eigenvalue weighted by molar-refractivity contribution is 0.627. The van der Waals surface area contributed by atoms with Crippen molar-refractivity contribution < 1.29 is 0 Å². The zero-order chi connectivity index (χ0) is 38.5. The van der Waals surface area contributed by atoms with Crippen LogP contribution < -0.4 is 9.80 Å². The van der Waals surface area contributed by atoms with Gasteiger partial charge in [-0.2, -0.15) is 0 Å². The second kappa shape index (κ2) is 12.5. The van der Waals surface area contributed by atoms with Gasteiger partial charge in [-0.1, -0.05) is 125 Å². The van der Waals surface area contributed by atoms with Crippen LogP contribution in [0.1, 0.15) is 49.9 Å². The average Bonchev–Trinajstić information content (AvgIpc) is 3.73. The minimum atomic E-state index is -0.239. The zero-order valence-corrected chi connectivity index (χ0v) is 33.4. The Kier molecular flexibility index (Phi) is 7.46. The highest BCUT2D eigenvalue weighted by atomic mass is 32.1. The summed E-state index contributed by atoms with van der Waals surface area (Å²) >= 11 is 1.86. The van der Waals surface area contributed by atoms with Gasteiger partial charge in [-0.05, 0) is 129 Å². The van der Waals surface area contributed by atoms with E-state index in [0.29, 0.717) is 0 Å². The Morgan fingerprint density at radius 2 is 1.02 bits per heavy atom. The van der Waals surface area contributed by atoms with Gasteiger partial charge < -0.3 is 9.80 Å². The fraction of sp³-hybridized carbons (Fsp3) is 0.111. The highest BCUT2D eigenvalue weighted by Gasteiger charge is 2.42. The number of hydrogen-bond donors (Lipinski definition) is 0. The van der Waals surface area contributed by atoms with Crippen LogP contribution in [-0.2, 0) is 10.8 Å². The summed E-state index contributed by atoms with van der Waals surface area (Å²) in [7, 11) is 0. The van der Waals surface area contributed by atoms with Gasteiger partial charge in [0.05, 0.1) is 11.4 Å². The summed E-state index contributed by atoms with van der Waals surface area (Å²) in [6, 6.07) is 67.4. The summed E-state index contributed by atoms with van der Waals surface area (Å²) in [5.41, 5.74) is 17.4. The summed E-state index contributed by atoms with van der Waals surface area (Å²) in [6.07, 6.45) is 0. The molecular formula is C54H42N2S. The van der Waals surface area contributed by atoms with Crippen LogP contribution in [0.2, 0.25) is 0 Å². The van der Waals surface area contributed by atoms with Crippen LogP contribution in [-0.4, -0.2) is 0 Å². The lowest BCUT2D eigenvalue weighted by Gasteiger charge is -2.43. The van der Waals surface area contributed by atoms with Crippen LogP contribution >= 0.6 is 11.3 Å². The van der Waals surface area contributed by atoms with E-state index in [1.54, 1.807) is 0 Å². The topological polar surface area (TPSA) is 6.48 Å². The third kappa shape index (κ3) is 5.15. The van der Waals surface area contributed by atoms with Gasteiger partial charge in [-0.3, -0.25) is 0 Å². The van der Waals surface area contributed by atoms with E-state index in [-0.39, 0.29) is 10.8 Å². The lowest BCUT2D eigenvalue weighted by atomic mass is 9.71. The number of anilines is 6. The highest BCUT2D eigenvalue weighted by Crippen LogP contribution is 2.58. The number of hydrogen-bond acceptors (Lipinski definition) is 3. The van der Waals surface area contributed by atoms with Gasteiger partial charge >= 0.3 is 0 Å². The van der Waals surface area contributed by atoms with E-state index in [0.717, 1.165) is 17.1 Å². The van der Waals surface area contributed by atoms with Gasteiger partial charge in [-0.25, -0.2) is 0 Å². The summed E-state index contributed by atoms with van der Waals surface area (Å²) in [6.45, 7) is 9.56. The molecule has 0 fully saturated rings. The predicted molar refractivity (Wildman–Crippen MR) is 244 cm³/mol. The van der Waals surface area contributed by atoms with Crippen molar-refractivity contribution >= 4 is 65.6 Å². The Balaban J connectivity index is 1.02. The van der Waals surface area contributed by atoms with Crippen LogP contribution in [0.25, 0.3) is 42.4 Å². The maximum atomic E-state index is 2.51. The second-order valence-corrected chi connectivity index (χ2v) is 17.7. The normalized spacial score (nSPS) is 14.6. The van der Waals surface area contributed by atoms with Crippen molar-refractivity contribution in [2.24, 2.45) is 0 Å². The molecule has 0 saturated heterocycles. The summed E-state index contributed by atoms with van der Waals surface area (Å²) in [5.74, 6) is 0. The summed E-state index contributed by atoms with van der Waals surface area (Å²) in [5, 5.41) is 2.61. The number of fused-ring (bicyclic) bond motifs is 8.